The number of amides is 1. The van der Waals surface area contributed by atoms with Crippen molar-refractivity contribution in [3.8, 4) is 0 Å². The van der Waals surface area contributed by atoms with E-state index < -0.39 is 6.04 Å². The Labute approximate surface area is 104 Å². The first-order valence-corrected chi connectivity index (χ1v) is 5.76. The molecule has 88 valence electrons. The van der Waals surface area contributed by atoms with E-state index >= 15 is 0 Å². The molecule has 0 aliphatic carbocycles. The smallest absolute Gasteiger partial charge is 0.252 e. The molecule has 1 amide bonds. The lowest BCUT2D eigenvalue weighted by atomic mass is 9.97. The summed E-state index contributed by atoms with van der Waals surface area (Å²) in [5.41, 5.74) is 1.96. The lowest BCUT2D eigenvalue weighted by molar-refractivity contribution is 0.0881. The van der Waals surface area contributed by atoms with Crippen LogP contribution in [0.2, 0.25) is 0 Å². The van der Waals surface area contributed by atoms with Gasteiger partial charge in [0.15, 0.2) is 5.78 Å². The maximum absolute atomic E-state index is 12.3. The quantitative estimate of drug-likeness (QED) is 0.815. The van der Waals surface area contributed by atoms with Crippen LogP contribution >= 0.6 is 0 Å². The Hall–Kier alpha value is -2.42. The largest absolute Gasteiger partial charge is 0.338 e. The molecule has 1 N–H and O–H groups in total. The van der Waals surface area contributed by atoms with Gasteiger partial charge in [0.05, 0.1) is 0 Å². The maximum atomic E-state index is 12.3. The molecule has 2 aromatic carbocycles. The van der Waals surface area contributed by atoms with E-state index in [0.29, 0.717) is 11.1 Å². The lowest BCUT2D eigenvalue weighted by Crippen LogP contribution is -2.26. The summed E-state index contributed by atoms with van der Waals surface area (Å²) in [4.78, 5) is 24.1. The topological polar surface area (TPSA) is 46.2 Å². The van der Waals surface area contributed by atoms with Crippen LogP contribution < -0.4 is 5.32 Å². The number of hydrogen-bond donors (Lipinski definition) is 1. The third-order valence-electron chi connectivity index (χ3n) is 3.11. The molecular formula is C15H11NO2. The Balaban J connectivity index is 2.01. The fraction of sp³-hybridized carbons (Fsp3) is 0.0667. The standard InChI is InChI=1S/C15H11NO2/c17-14(10-6-2-1-3-7-10)13-11-8-4-5-9-12(11)15(18)16-13/h1-9,13H,(H,16,18). The zero-order chi connectivity index (χ0) is 12.5. The summed E-state index contributed by atoms with van der Waals surface area (Å²) < 4.78 is 0. The minimum absolute atomic E-state index is 0.0751. The van der Waals surface area contributed by atoms with Crippen molar-refractivity contribution < 1.29 is 9.59 Å². The highest BCUT2D eigenvalue weighted by molar-refractivity contribution is 6.09. The molecule has 1 atom stereocenters. The van der Waals surface area contributed by atoms with Crippen molar-refractivity contribution in [1.29, 1.82) is 0 Å². The first-order chi connectivity index (χ1) is 8.77. The molecule has 1 heterocycles. The maximum Gasteiger partial charge on any atom is 0.252 e. The van der Waals surface area contributed by atoms with Crippen molar-refractivity contribution in [2.75, 3.05) is 0 Å². The fourth-order valence-electron chi connectivity index (χ4n) is 2.22. The summed E-state index contributed by atoms with van der Waals surface area (Å²) in [5, 5.41) is 2.73. The van der Waals surface area contributed by atoms with Gasteiger partial charge in [0.25, 0.3) is 5.91 Å². The van der Waals surface area contributed by atoms with Crippen LogP contribution in [0, 0.1) is 0 Å². The third-order valence-corrected chi connectivity index (χ3v) is 3.11. The fourth-order valence-corrected chi connectivity index (χ4v) is 2.22. The van der Waals surface area contributed by atoms with Crippen LogP contribution in [-0.4, -0.2) is 11.7 Å². The van der Waals surface area contributed by atoms with Gasteiger partial charge in [0.2, 0.25) is 0 Å². The molecule has 1 unspecified atom stereocenters. The van der Waals surface area contributed by atoms with Crippen molar-refractivity contribution in [2.45, 2.75) is 6.04 Å². The highest BCUT2D eigenvalue weighted by atomic mass is 16.2. The van der Waals surface area contributed by atoms with Crippen LogP contribution in [-0.2, 0) is 0 Å². The summed E-state index contributed by atoms with van der Waals surface area (Å²) in [6.07, 6.45) is 0. The van der Waals surface area contributed by atoms with E-state index in [4.69, 9.17) is 0 Å². The van der Waals surface area contributed by atoms with Gasteiger partial charge in [0.1, 0.15) is 6.04 Å². The first kappa shape index (κ1) is 10.7. The molecule has 0 radical (unpaired) electrons. The molecule has 18 heavy (non-hydrogen) atoms. The second-order valence-electron chi connectivity index (χ2n) is 4.22. The second kappa shape index (κ2) is 4.11. The molecule has 0 bridgehead atoms. The van der Waals surface area contributed by atoms with E-state index in [0.717, 1.165) is 5.56 Å². The van der Waals surface area contributed by atoms with Gasteiger partial charge in [-0.15, -0.1) is 0 Å². The average molecular weight is 237 g/mol. The Morgan fingerprint density at radius 3 is 2.39 bits per heavy atom. The van der Waals surface area contributed by atoms with Gasteiger partial charge in [-0.25, -0.2) is 0 Å². The van der Waals surface area contributed by atoms with E-state index in [1.165, 1.54) is 0 Å². The van der Waals surface area contributed by atoms with Gasteiger partial charge in [-0.3, -0.25) is 9.59 Å². The highest BCUT2D eigenvalue weighted by Crippen LogP contribution is 2.27. The Morgan fingerprint density at radius 2 is 1.61 bits per heavy atom. The minimum Gasteiger partial charge on any atom is -0.338 e. The number of rotatable bonds is 2. The van der Waals surface area contributed by atoms with E-state index in [1.807, 2.05) is 30.3 Å². The molecule has 0 fully saturated rings. The summed E-state index contributed by atoms with van der Waals surface area (Å²) >= 11 is 0. The molecule has 1 aliphatic heterocycles. The molecule has 3 rings (SSSR count). The summed E-state index contributed by atoms with van der Waals surface area (Å²) in [5.74, 6) is -0.256. The van der Waals surface area contributed by atoms with Crippen LogP contribution in [0.5, 0.6) is 0 Å². The van der Waals surface area contributed by atoms with Crippen LogP contribution in [0.3, 0.4) is 0 Å². The van der Waals surface area contributed by atoms with E-state index in [9.17, 15) is 9.59 Å². The van der Waals surface area contributed by atoms with Crippen LogP contribution in [0.25, 0.3) is 0 Å². The Bertz CT molecular complexity index is 619. The van der Waals surface area contributed by atoms with Crippen molar-refractivity contribution in [2.24, 2.45) is 0 Å². The number of benzene rings is 2. The number of ketones is 1. The van der Waals surface area contributed by atoms with E-state index in [2.05, 4.69) is 5.32 Å². The number of nitrogens with one attached hydrogen (secondary N) is 1. The second-order valence-corrected chi connectivity index (χ2v) is 4.22. The number of hydrogen-bond acceptors (Lipinski definition) is 2. The van der Waals surface area contributed by atoms with Crippen LogP contribution in [0.1, 0.15) is 32.3 Å². The molecule has 0 saturated carbocycles. The normalized spacial score (nSPS) is 17.1. The van der Waals surface area contributed by atoms with Gasteiger partial charge in [0, 0.05) is 11.1 Å². The molecule has 3 nitrogen and oxygen atoms in total. The molecule has 1 aliphatic rings. The van der Waals surface area contributed by atoms with Crippen molar-refractivity contribution in [3.63, 3.8) is 0 Å². The van der Waals surface area contributed by atoms with Crippen LogP contribution in [0.15, 0.2) is 54.6 Å². The molecule has 0 spiro atoms. The molecule has 2 aromatic rings. The lowest BCUT2D eigenvalue weighted by Gasteiger charge is -2.10. The van der Waals surface area contributed by atoms with Crippen molar-refractivity contribution >= 4 is 11.7 Å². The third kappa shape index (κ3) is 1.61. The van der Waals surface area contributed by atoms with Crippen molar-refractivity contribution in [1.82, 2.24) is 5.32 Å². The minimum atomic E-state index is -0.559. The highest BCUT2D eigenvalue weighted by Gasteiger charge is 2.33. The van der Waals surface area contributed by atoms with E-state index in [1.54, 1.807) is 24.3 Å². The number of carbonyl (C=O) groups is 2. The molecular weight excluding hydrogens is 226 g/mol. The summed E-state index contributed by atoms with van der Waals surface area (Å²) in [6.45, 7) is 0. The van der Waals surface area contributed by atoms with Crippen molar-refractivity contribution in [3.05, 3.63) is 71.3 Å². The average Bonchev–Trinajstić information content (AvgIpc) is 2.77. The molecule has 0 saturated heterocycles. The first-order valence-electron chi connectivity index (χ1n) is 5.76. The zero-order valence-corrected chi connectivity index (χ0v) is 9.59. The summed E-state index contributed by atoms with van der Waals surface area (Å²) in [6, 6.07) is 15.6. The van der Waals surface area contributed by atoms with Gasteiger partial charge < -0.3 is 5.32 Å². The number of fused-ring (bicyclic) bond motifs is 1. The molecule has 3 heteroatoms. The predicted octanol–water partition coefficient (Wildman–Crippen LogP) is 2.35. The SMILES string of the molecule is O=C1NC(C(=O)c2ccccc2)c2ccccc21. The van der Waals surface area contributed by atoms with Gasteiger partial charge >= 0.3 is 0 Å². The van der Waals surface area contributed by atoms with Gasteiger partial charge in [-0.05, 0) is 11.6 Å². The monoisotopic (exact) mass is 237 g/mol. The number of Topliss-reactive ketones (excluding diaryl/α,β-unsaturated/α-hetero) is 1. The Kier molecular flexibility index (Phi) is 2.45. The molecule has 0 aromatic heterocycles. The van der Waals surface area contributed by atoms with Crippen LogP contribution in [0.4, 0.5) is 0 Å². The van der Waals surface area contributed by atoms with E-state index in [-0.39, 0.29) is 11.7 Å². The summed E-state index contributed by atoms with van der Waals surface area (Å²) in [7, 11) is 0. The zero-order valence-electron chi connectivity index (χ0n) is 9.59. The van der Waals surface area contributed by atoms with Gasteiger partial charge in [-0.2, -0.15) is 0 Å². The van der Waals surface area contributed by atoms with Gasteiger partial charge in [-0.1, -0.05) is 48.5 Å². The Morgan fingerprint density at radius 1 is 0.944 bits per heavy atom. The predicted molar refractivity (Wildman–Crippen MR) is 67.4 cm³/mol. The number of carbonyl (C=O) groups excluding carboxylic acids is 2.